The third-order valence-electron chi connectivity index (χ3n) is 2.74. The van der Waals surface area contributed by atoms with Crippen LogP contribution in [-0.2, 0) is 0 Å². The van der Waals surface area contributed by atoms with Crippen LogP contribution in [-0.4, -0.2) is 13.2 Å². The van der Waals surface area contributed by atoms with E-state index in [4.69, 9.17) is 4.74 Å². The lowest BCUT2D eigenvalue weighted by Crippen LogP contribution is -2.18. The van der Waals surface area contributed by atoms with Crippen molar-refractivity contribution in [1.29, 1.82) is 0 Å². The summed E-state index contributed by atoms with van der Waals surface area (Å²) in [5.41, 5.74) is 2.05. The van der Waals surface area contributed by atoms with Gasteiger partial charge in [0.15, 0.2) is 0 Å². The average molecular weight is 251 g/mol. The van der Waals surface area contributed by atoms with E-state index in [0.717, 1.165) is 24.1 Å². The molecule has 0 saturated heterocycles. The Kier molecular flexibility index (Phi) is 5.86. The van der Waals surface area contributed by atoms with Crippen molar-refractivity contribution in [2.75, 3.05) is 13.2 Å². The first-order valence-electron chi connectivity index (χ1n) is 6.34. The highest BCUT2D eigenvalue weighted by Crippen LogP contribution is 2.26. The largest absolute Gasteiger partial charge is 0.493 e. The number of benzene rings is 1. The van der Waals surface area contributed by atoms with E-state index in [9.17, 15) is 4.39 Å². The van der Waals surface area contributed by atoms with Crippen LogP contribution >= 0.6 is 0 Å². The molecule has 18 heavy (non-hydrogen) atoms. The first-order chi connectivity index (χ1) is 8.54. The molecule has 0 radical (unpaired) electrons. The average Bonchev–Trinajstić information content (AvgIpc) is 2.29. The molecule has 1 rings (SSSR count). The molecular weight excluding hydrogens is 229 g/mol. The summed E-state index contributed by atoms with van der Waals surface area (Å²) >= 11 is 0. The fourth-order valence-electron chi connectivity index (χ4n) is 1.74. The molecule has 0 aliphatic carbocycles. The maximum atomic E-state index is 13.3. The van der Waals surface area contributed by atoms with E-state index in [1.807, 2.05) is 20.8 Å². The van der Waals surface area contributed by atoms with Crippen LogP contribution in [0, 0.1) is 5.82 Å². The Bertz CT molecular complexity index is 403. The number of ether oxygens (including phenoxy) is 1. The molecule has 1 unspecified atom stereocenters. The monoisotopic (exact) mass is 251 g/mol. The highest BCUT2D eigenvalue weighted by molar-refractivity contribution is 5.36. The van der Waals surface area contributed by atoms with Crippen molar-refractivity contribution in [3.63, 3.8) is 0 Å². The Labute approximate surface area is 109 Å². The molecule has 1 N–H and O–H groups in total. The van der Waals surface area contributed by atoms with Gasteiger partial charge in [-0.05, 0) is 26.5 Å². The fraction of sp³-hybridized carbons (Fsp3) is 0.467. The fourth-order valence-corrected chi connectivity index (χ4v) is 1.74. The van der Waals surface area contributed by atoms with Gasteiger partial charge in [0.25, 0.3) is 0 Å². The van der Waals surface area contributed by atoms with E-state index in [1.165, 1.54) is 12.1 Å². The zero-order chi connectivity index (χ0) is 13.5. The Morgan fingerprint density at radius 2 is 2.22 bits per heavy atom. The van der Waals surface area contributed by atoms with E-state index in [-0.39, 0.29) is 11.9 Å². The van der Waals surface area contributed by atoms with Gasteiger partial charge >= 0.3 is 0 Å². The summed E-state index contributed by atoms with van der Waals surface area (Å²) in [7, 11) is 0. The number of halogens is 1. The SMILES string of the molecule is C=C(C)CCOc1cc(F)ccc1C(C)NCC. The smallest absolute Gasteiger partial charge is 0.126 e. The van der Waals surface area contributed by atoms with Crippen LogP contribution in [0.5, 0.6) is 5.75 Å². The Morgan fingerprint density at radius 3 is 2.83 bits per heavy atom. The molecule has 1 aromatic carbocycles. The van der Waals surface area contributed by atoms with Crippen molar-refractivity contribution in [2.24, 2.45) is 0 Å². The standard InChI is InChI=1S/C15H22FNO/c1-5-17-12(4)14-7-6-13(16)10-15(14)18-9-8-11(2)3/h6-7,10,12,17H,2,5,8-9H2,1,3-4H3. The highest BCUT2D eigenvalue weighted by Gasteiger charge is 2.11. The topological polar surface area (TPSA) is 21.3 Å². The maximum absolute atomic E-state index is 13.3. The summed E-state index contributed by atoms with van der Waals surface area (Å²) in [5.74, 6) is 0.345. The molecule has 3 heteroatoms. The number of hydrogen-bond donors (Lipinski definition) is 1. The molecule has 1 aromatic rings. The summed E-state index contributed by atoms with van der Waals surface area (Å²) in [5, 5.41) is 3.30. The first kappa shape index (κ1) is 14.7. The van der Waals surface area contributed by atoms with Gasteiger partial charge in [-0.1, -0.05) is 18.6 Å². The minimum atomic E-state index is -0.271. The minimum Gasteiger partial charge on any atom is -0.493 e. The van der Waals surface area contributed by atoms with Gasteiger partial charge in [-0.3, -0.25) is 0 Å². The van der Waals surface area contributed by atoms with E-state index in [2.05, 4.69) is 11.9 Å². The van der Waals surface area contributed by atoms with Crippen LogP contribution in [0.2, 0.25) is 0 Å². The van der Waals surface area contributed by atoms with Crippen molar-refractivity contribution < 1.29 is 9.13 Å². The first-order valence-corrected chi connectivity index (χ1v) is 6.34. The second-order valence-corrected chi connectivity index (χ2v) is 4.52. The normalized spacial score (nSPS) is 12.2. The third kappa shape index (κ3) is 4.49. The summed E-state index contributed by atoms with van der Waals surface area (Å²) in [6.07, 6.45) is 0.783. The van der Waals surface area contributed by atoms with Crippen LogP contribution in [0.1, 0.15) is 38.8 Å². The Morgan fingerprint density at radius 1 is 1.50 bits per heavy atom. The predicted molar refractivity (Wildman–Crippen MR) is 73.4 cm³/mol. The Balaban J connectivity index is 2.79. The zero-order valence-electron chi connectivity index (χ0n) is 11.4. The molecule has 100 valence electrons. The molecule has 0 heterocycles. The molecule has 0 aliphatic heterocycles. The number of nitrogens with one attached hydrogen (secondary N) is 1. The van der Waals surface area contributed by atoms with E-state index < -0.39 is 0 Å². The van der Waals surface area contributed by atoms with Crippen molar-refractivity contribution in [2.45, 2.75) is 33.2 Å². The minimum absolute atomic E-state index is 0.149. The lowest BCUT2D eigenvalue weighted by Gasteiger charge is -2.17. The second-order valence-electron chi connectivity index (χ2n) is 4.52. The van der Waals surface area contributed by atoms with Crippen LogP contribution in [0.15, 0.2) is 30.4 Å². The summed E-state index contributed by atoms with van der Waals surface area (Å²) in [6.45, 7) is 11.3. The molecule has 0 aliphatic rings. The van der Waals surface area contributed by atoms with Gasteiger partial charge < -0.3 is 10.1 Å². The van der Waals surface area contributed by atoms with Crippen LogP contribution in [0.25, 0.3) is 0 Å². The number of rotatable bonds is 7. The molecule has 0 amide bonds. The van der Waals surface area contributed by atoms with Gasteiger partial charge in [0.1, 0.15) is 11.6 Å². The summed E-state index contributed by atoms with van der Waals surface area (Å²) in [4.78, 5) is 0. The Hall–Kier alpha value is -1.35. The van der Waals surface area contributed by atoms with Gasteiger partial charge in [0.05, 0.1) is 6.61 Å². The molecule has 0 saturated carbocycles. The van der Waals surface area contributed by atoms with Crippen molar-refractivity contribution >= 4 is 0 Å². The van der Waals surface area contributed by atoms with Crippen LogP contribution in [0.4, 0.5) is 4.39 Å². The molecule has 0 fully saturated rings. The van der Waals surface area contributed by atoms with Gasteiger partial charge in [-0.2, -0.15) is 0 Å². The zero-order valence-corrected chi connectivity index (χ0v) is 11.4. The van der Waals surface area contributed by atoms with Gasteiger partial charge in [0, 0.05) is 24.1 Å². The maximum Gasteiger partial charge on any atom is 0.126 e. The quantitative estimate of drug-likeness (QED) is 0.743. The van der Waals surface area contributed by atoms with Gasteiger partial charge in [0.2, 0.25) is 0 Å². The molecule has 2 nitrogen and oxygen atoms in total. The summed E-state index contributed by atoms with van der Waals surface area (Å²) in [6, 6.07) is 4.84. The molecule has 0 spiro atoms. The van der Waals surface area contributed by atoms with Gasteiger partial charge in [-0.15, -0.1) is 6.58 Å². The van der Waals surface area contributed by atoms with Crippen molar-refractivity contribution in [3.8, 4) is 5.75 Å². The second kappa shape index (κ2) is 7.17. The van der Waals surface area contributed by atoms with E-state index in [0.29, 0.717) is 12.4 Å². The molecule has 1 atom stereocenters. The highest BCUT2D eigenvalue weighted by atomic mass is 19.1. The molecule has 0 bridgehead atoms. The van der Waals surface area contributed by atoms with Crippen molar-refractivity contribution in [3.05, 3.63) is 41.7 Å². The molecular formula is C15H22FNO. The van der Waals surface area contributed by atoms with Crippen LogP contribution in [0.3, 0.4) is 0 Å². The lowest BCUT2D eigenvalue weighted by atomic mass is 10.1. The predicted octanol–water partition coefficient (Wildman–Crippen LogP) is 3.84. The van der Waals surface area contributed by atoms with Gasteiger partial charge in [-0.25, -0.2) is 4.39 Å². The lowest BCUT2D eigenvalue weighted by molar-refractivity contribution is 0.313. The van der Waals surface area contributed by atoms with Crippen LogP contribution < -0.4 is 10.1 Å². The van der Waals surface area contributed by atoms with E-state index >= 15 is 0 Å². The van der Waals surface area contributed by atoms with E-state index in [1.54, 1.807) is 6.07 Å². The van der Waals surface area contributed by atoms with Crippen molar-refractivity contribution in [1.82, 2.24) is 5.32 Å². The summed E-state index contributed by atoms with van der Waals surface area (Å²) < 4.78 is 18.9. The molecule has 0 aromatic heterocycles. The number of hydrogen-bond acceptors (Lipinski definition) is 2. The third-order valence-corrected chi connectivity index (χ3v) is 2.74.